The van der Waals surface area contributed by atoms with Gasteiger partial charge in [-0.15, -0.1) is 0 Å². The van der Waals surface area contributed by atoms with Gasteiger partial charge in [-0.25, -0.2) is 0 Å². The first-order valence-electron chi connectivity index (χ1n) is 5.07. The second-order valence-corrected chi connectivity index (χ2v) is 4.33. The number of phenols is 1. The average Bonchev–Trinajstić information content (AvgIpc) is 2.11. The summed E-state index contributed by atoms with van der Waals surface area (Å²) in [6.45, 7) is 6.25. The van der Waals surface area contributed by atoms with Crippen LogP contribution in [0.25, 0.3) is 0 Å². The molecule has 0 spiro atoms. The van der Waals surface area contributed by atoms with E-state index in [0.29, 0.717) is 10.9 Å². The molecule has 1 rings (SSSR count). The molecule has 0 radical (unpaired) electrons. The molecule has 14 heavy (non-hydrogen) atoms. The Morgan fingerprint density at radius 3 is 2.50 bits per heavy atom. The van der Waals surface area contributed by atoms with Gasteiger partial charge in [0.15, 0.2) is 0 Å². The molecule has 0 saturated carbocycles. The van der Waals surface area contributed by atoms with Gasteiger partial charge >= 0.3 is 0 Å². The summed E-state index contributed by atoms with van der Waals surface area (Å²) in [5.74, 6) is 0.547. The molecule has 2 heteroatoms. The zero-order valence-corrected chi connectivity index (χ0v) is 9.73. The van der Waals surface area contributed by atoms with E-state index in [9.17, 15) is 5.11 Å². The van der Waals surface area contributed by atoms with Crippen molar-refractivity contribution in [2.24, 2.45) is 0 Å². The topological polar surface area (TPSA) is 20.2 Å². The Kier molecular flexibility index (Phi) is 3.82. The van der Waals surface area contributed by atoms with Gasteiger partial charge in [0.05, 0.1) is 5.02 Å². The van der Waals surface area contributed by atoms with Crippen molar-refractivity contribution < 1.29 is 5.11 Å². The van der Waals surface area contributed by atoms with Gasteiger partial charge in [-0.2, -0.15) is 0 Å². The smallest absolute Gasteiger partial charge is 0.137 e. The van der Waals surface area contributed by atoms with Crippen molar-refractivity contribution in [3.8, 4) is 5.75 Å². The van der Waals surface area contributed by atoms with Gasteiger partial charge in [0, 0.05) is 0 Å². The largest absolute Gasteiger partial charge is 0.506 e. The Hall–Kier alpha value is -0.690. The molecule has 0 saturated heterocycles. The van der Waals surface area contributed by atoms with Crippen LogP contribution < -0.4 is 0 Å². The van der Waals surface area contributed by atoms with E-state index >= 15 is 0 Å². The first kappa shape index (κ1) is 11.4. The zero-order valence-electron chi connectivity index (χ0n) is 8.97. The normalized spacial score (nSPS) is 10.9. The summed E-state index contributed by atoms with van der Waals surface area (Å²) in [7, 11) is 0. The third-order valence-electron chi connectivity index (χ3n) is 2.31. The van der Waals surface area contributed by atoms with Crippen molar-refractivity contribution in [1.29, 1.82) is 0 Å². The summed E-state index contributed by atoms with van der Waals surface area (Å²) in [4.78, 5) is 0. The molecule has 0 atom stereocenters. The highest BCUT2D eigenvalue weighted by molar-refractivity contribution is 6.32. The van der Waals surface area contributed by atoms with E-state index in [1.165, 1.54) is 5.56 Å². The van der Waals surface area contributed by atoms with Crippen LogP contribution in [-0.2, 0) is 6.42 Å². The minimum Gasteiger partial charge on any atom is -0.506 e. The molecule has 0 amide bonds. The maximum Gasteiger partial charge on any atom is 0.137 e. The highest BCUT2D eigenvalue weighted by Gasteiger charge is 2.10. The Bertz CT molecular complexity index is 318. The number of aromatic hydroxyl groups is 1. The summed E-state index contributed by atoms with van der Waals surface area (Å²) < 4.78 is 0. The standard InChI is InChI=1S/C12H17ClO/c1-4-5-9-6-10(8(2)3)12(14)11(13)7-9/h6-8,14H,4-5H2,1-3H3. The van der Waals surface area contributed by atoms with Crippen LogP contribution in [0.2, 0.25) is 5.02 Å². The van der Waals surface area contributed by atoms with Gasteiger partial charge in [0.2, 0.25) is 0 Å². The number of hydrogen-bond acceptors (Lipinski definition) is 1. The van der Waals surface area contributed by atoms with Crippen molar-refractivity contribution in [3.05, 3.63) is 28.3 Å². The van der Waals surface area contributed by atoms with Crippen LogP contribution >= 0.6 is 11.6 Å². The van der Waals surface area contributed by atoms with E-state index in [2.05, 4.69) is 26.8 Å². The van der Waals surface area contributed by atoms with Crippen LogP contribution in [0.4, 0.5) is 0 Å². The highest BCUT2D eigenvalue weighted by atomic mass is 35.5. The summed E-state index contributed by atoms with van der Waals surface area (Å²) in [5.41, 5.74) is 2.15. The van der Waals surface area contributed by atoms with Crippen molar-refractivity contribution in [2.75, 3.05) is 0 Å². The van der Waals surface area contributed by atoms with Crippen LogP contribution in [-0.4, -0.2) is 5.11 Å². The molecule has 0 unspecified atom stereocenters. The van der Waals surface area contributed by atoms with Crippen LogP contribution in [0.15, 0.2) is 12.1 Å². The quantitative estimate of drug-likeness (QED) is 0.799. The van der Waals surface area contributed by atoms with E-state index in [0.717, 1.165) is 18.4 Å². The Morgan fingerprint density at radius 2 is 2.00 bits per heavy atom. The third kappa shape index (κ3) is 2.42. The molecule has 1 nitrogen and oxygen atoms in total. The molecule has 0 bridgehead atoms. The summed E-state index contributed by atoms with van der Waals surface area (Å²) in [5, 5.41) is 10.2. The minimum absolute atomic E-state index is 0.238. The number of benzene rings is 1. The highest BCUT2D eigenvalue weighted by Crippen LogP contribution is 2.33. The van der Waals surface area contributed by atoms with Crippen molar-refractivity contribution in [1.82, 2.24) is 0 Å². The lowest BCUT2D eigenvalue weighted by atomic mass is 9.98. The third-order valence-corrected chi connectivity index (χ3v) is 2.60. The van der Waals surface area contributed by atoms with E-state index in [4.69, 9.17) is 11.6 Å². The van der Waals surface area contributed by atoms with Gasteiger partial charge in [0.1, 0.15) is 5.75 Å². The Labute approximate surface area is 90.7 Å². The van der Waals surface area contributed by atoms with E-state index in [1.54, 1.807) is 0 Å². The molecule has 1 N–H and O–H groups in total. The molecule has 1 aromatic carbocycles. The van der Waals surface area contributed by atoms with Crippen LogP contribution in [0, 0.1) is 0 Å². The fourth-order valence-electron chi connectivity index (χ4n) is 1.55. The molecule has 78 valence electrons. The fraction of sp³-hybridized carbons (Fsp3) is 0.500. The lowest BCUT2D eigenvalue weighted by Crippen LogP contribution is -1.92. The molecular formula is C12H17ClO. The second-order valence-electron chi connectivity index (χ2n) is 3.92. The maximum atomic E-state index is 9.73. The van der Waals surface area contributed by atoms with Gasteiger partial charge < -0.3 is 5.11 Å². The van der Waals surface area contributed by atoms with Crippen molar-refractivity contribution in [3.63, 3.8) is 0 Å². The molecule has 0 aliphatic rings. The van der Waals surface area contributed by atoms with Crippen molar-refractivity contribution in [2.45, 2.75) is 39.5 Å². The van der Waals surface area contributed by atoms with Gasteiger partial charge in [-0.3, -0.25) is 0 Å². The maximum absolute atomic E-state index is 9.73. The SMILES string of the molecule is CCCc1cc(Cl)c(O)c(C(C)C)c1. The average molecular weight is 213 g/mol. The van der Waals surface area contributed by atoms with Gasteiger partial charge in [-0.1, -0.05) is 44.9 Å². The fourth-order valence-corrected chi connectivity index (χ4v) is 1.80. The second kappa shape index (κ2) is 4.70. The molecule has 0 aliphatic carbocycles. The number of rotatable bonds is 3. The predicted octanol–water partition coefficient (Wildman–Crippen LogP) is 4.12. The lowest BCUT2D eigenvalue weighted by Gasteiger charge is -2.12. The summed E-state index contributed by atoms with van der Waals surface area (Å²) in [6, 6.07) is 3.90. The van der Waals surface area contributed by atoms with Crippen LogP contribution in [0.3, 0.4) is 0 Å². The minimum atomic E-state index is 0.238. The van der Waals surface area contributed by atoms with E-state index in [-0.39, 0.29) is 5.75 Å². The Morgan fingerprint density at radius 1 is 1.36 bits per heavy atom. The first-order chi connectivity index (χ1) is 6.56. The zero-order chi connectivity index (χ0) is 10.7. The first-order valence-corrected chi connectivity index (χ1v) is 5.45. The number of phenolic OH excluding ortho intramolecular Hbond substituents is 1. The monoisotopic (exact) mass is 212 g/mol. The van der Waals surface area contributed by atoms with Crippen LogP contribution in [0.1, 0.15) is 44.2 Å². The molecule has 0 fully saturated rings. The number of aryl methyl sites for hydroxylation is 1. The number of halogens is 1. The van der Waals surface area contributed by atoms with E-state index in [1.807, 2.05) is 6.07 Å². The predicted molar refractivity (Wildman–Crippen MR) is 61.2 cm³/mol. The van der Waals surface area contributed by atoms with Gasteiger partial charge in [-0.05, 0) is 29.5 Å². The molecule has 0 heterocycles. The molecule has 0 aromatic heterocycles. The lowest BCUT2D eigenvalue weighted by molar-refractivity contribution is 0.465. The Balaban J connectivity index is 3.14. The van der Waals surface area contributed by atoms with Crippen LogP contribution in [0.5, 0.6) is 5.75 Å². The van der Waals surface area contributed by atoms with Gasteiger partial charge in [0.25, 0.3) is 0 Å². The molecular weight excluding hydrogens is 196 g/mol. The van der Waals surface area contributed by atoms with E-state index < -0.39 is 0 Å². The summed E-state index contributed by atoms with van der Waals surface area (Å²) in [6.07, 6.45) is 2.11. The molecule has 1 aromatic rings. The summed E-state index contributed by atoms with van der Waals surface area (Å²) >= 11 is 5.95. The number of hydrogen-bond donors (Lipinski definition) is 1. The molecule has 0 aliphatic heterocycles. The van der Waals surface area contributed by atoms with Crippen molar-refractivity contribution >= 4 is 11.6 Å².